The molecule has 1 heterocycles. The summed E-state index contributed by atoms with van der Waals surface area (Å²) in [5.41, 5.74) is 1.94. The largest absolute Gasteiger partial charge is 0.497 e. The Hall–Kier alpha value is -2.49. The van der Waals surface area contributed by atoms with E-state index in [4.69, 9.17) is 14.6 Å². The first-order valence-electron chi connectivity index (χ1n) is 6.83. The number of aliphatic carboxylic acids is 1. The molecule has 0 fully saturated rings. The van der Waals surface area contributed by atoms with Gasteiger partial charge in [0.05, 0.1) is 13.5 Å². The van der Waals surface area contributed by atoms with Crippen molar-refractivity contribution in [3.8, 4) is 17.2 Å². The summed E-state index contributed by atoms with van der Waals surface area (Å²) in [6.45, 7) is 0. The highest BCUT2D eigenvalue weighted by Crippen LogP contribution is 2.41. The third-order valence-electron chi connectivity index (χ3n) is 3.74. The predicted molar refractivity (Wildman–Crippen MR) is 78.2 cm³/mol. The van der Waals surface area contributed by atoms with Gasteiger partial charge in [-0.15, -0.1) is 0 Å². The lowest BCUT2D eigenvalue weighted by Crippen LogP contribution is -2.08. The fourth-order valence-corrected chi connectivity index (χ4v) is 2.72. The van der Waals surface area contributed by atoms with E-state index in [9.17, 15) is 4.79 Å². The van der Waals surface area contributed by atoms with Gasteiger partial charge in [-0.05, 0) is 29.7 Å². The smallest absolute Gasteiger partial charge is 0.303 e. The molecule has 1 unspecified atom stereocenters. The molecule has 0 bridgehead atoms. The molecule has 1 atom stereocenters. The molecule has 4 nitrogen and oxygen atoms in total. The first kappa shape index (κ1) is 13.5. The molecule has 108 valence electrons. The molecule has 0 radical (unpaired) electrons. The molecule has 0 spiro atoms. The Kier molecular flexibility index (Phi) is 3.52. The maximum Gasteiger partial charge on any atom is 0.303 e. The topological polar surface area (TPSA) is 55.8 Å². The van der Waals surface area contributed by atoms with Crippen LogP contribution in [0.25, 0.3) is 0 Å². The SMILES string of the molecule is COc1ccc2c(c1)Oc1ccccc1C(CC(=O)O)C2. The summed E-state index contributed by atoms with van der Waals surface area (Å²) in [6, 6.07) is 13.3. The Morgan fingerprint density at radius 2 is 2.10 bits per heavy atom. The van der Waals surface area contributed by atoms with Gasteiger partial charge in [0.15, 0.2) is 0 Å². The summed E-state index contributed by atoms with van der Waals surface area (Å²) in [4.78, 5) is 11.1. The van der Waals surface area contributed by atoms with Crippen LogP contribution < -0.4 is 9.47 Å². The molecule has 0 aliphatic carbocycles. The highest BCUT2D eigenvalue weighted by atomic mass is 16.5. The Labute approximate surface area is 122 Å². The summed E-state index contributed by atoms with van der Waals surface area (Å²) in [7, 11) is 1.61. The lowest BCUT2D eigenvalue weighted by Gasteiger charge is -2.14. The third-order valence-corrected chi connectivity index (χ3v) is 3.74. The van der Waals surface area contributed by atoms with Crippen LogP contribution in [0.3, 0.4) is 0 Å². The van der Waals surface area contributed by atoms with Gasteiger partial charge in [-0.1, -0.05) is 24.3 Å². The van der Waals surface area contributed by atoms with E-state index in [0.717, 1.165) is 28.4 Å². The molecule has 1 N–H and O–H groups in total. The molecule has 0 saturated heterocycles. The van der Waals surface area contributed by atoms with Crippen molar-refractivity contribution < 1.29 is 19.4 Å². The Balaban J connectivity index is 2.07. The second kappa shape index (κ2) is 5.48. The molecule has 0 aromatic heterocycles. The number of fused-ring (bicyclic) bond motifs is 2. The number of benzene rings is 2. The second-order valence-electron chi connectivity index (χ2n) is 5.11. The number of hydrogen-bond donors (Lipinski definition) is 1. The molecule has 0 amide bonds. The number of rotatable bonds is 3. The zero-order valence-electron chi connectivity index (χ0n) is 11.7. The molecule has 1 aliphatic heterocycles. The summed E-state index contributed by atoms with van der Waals surface area (Å²) < 4.78 is 11.2. The number of hydrogen-bond acceptors (Lipinski definition) is 3. The van der Waals surface area contributed by atoms with Crippen LogP contribution in [0.1, 0.15) is 23.5 Å². The summed E-state index contributed by atoms with van der Waals surface area (Å²) in [6.07, 6.45) is 0.731. The lowest BCUT2D eigenvalue weighted by molar-refractivity contribution is -0.137. The minimum Gasteiger partial charge on any atom is -0.497 e. The zero-order chi connectivity index (χ0) is 14.8. The molecule has 2 aromatic carbocycles. The minimum absolute atomic E-state index is 0.0891. The third kappa shape index (κ3) is 2.70. The molecule has 2 aromatic rings. The lowest BCUT2D eigenvalue weighted by atomic mass is 9.89. The average molecular weight is 284 g/mol. The Morgan fingerprint density at radius 1 is 1.29 bits per heavy atom. The average Bonchev–Trinajstić information content (AvgIpc) is 2.62. The molecular formula is C17H16O4. The Bertz CT molecular complexity index is 678. The van der Waals surface area contributed by atoms with E-state index >= 15 is 0 Å². The van der Waals surface area contributed by atoms with Gasteiger partial charge >= 0.3 is 5.97 Å². The summed E-state index contributed by atoms with van der Waals surface area (Å²) in [5.74, 6) is 1.29. The number of ether oxygens (including phenoxy) is 2. The van der Waals surface area contributed by atoms with Crippen LogP contribution >= 0.6 is 0 Å². The van der Waals surface area contributed by atoms with E-state index < -0.39 is 5.97 Å². The van der Waals surface area contributed by atoms with Crippen LogP contribution in [-0.4, -0.2) is 18.2 Å². The van der Waals surface area contributed by atoms with Gasteiger partial charge < -0.3 is 14.6 Å². The quantitative estimate of drug-likeness (QED) is 0.935. The van der Waals surface area contributed by atoms with Crippen LogP contribution in [0, 0.1) is 0 Å². The normalized spacial score (nSPS) is 16.1. The van der Waals surface area contributed by atoms with Crippen molar-refractivity contribution in [1.29, 1.82) is 0 Å². The number of para-hydroxylation sites is 1. The molecular weight excluding hydrogens is 268 g/mol. The first-order chi connectivity index (χ1) is 10.2. The van der Waals surface area contributed by atoms with E-state index in [2.05, 4.69) is 0 Å². The number of carbonyl (C=O) groups is 1. The fraction of sp³-hybridized carbons (Fsp3) is 0.235. The highest BCUT2D eigenvalue weighted by molar-refractivity contribution is 5.69. The highest BCUT2D eigenvalue weighted by Gasteiger charge is 2.25. The van der Waals surface area contributed by atoms with Crippen molar-refractivity contribution in [3.63, 3.8) is 0 Å². The van der Waals surface area contributed by atoms with Crippen molar-refractivity contribution in [3.05, 3.63) is 53.6 Å². The maximum absolute atomic E-state index is 11.1. The molecule has 1 aliphatic rings. The van der Waals surface area contributed by atoms with Gasteiger partial charge in [-0.3, -0.25) is 4.79 Å². The van der Waals surface area contributed by atoms with E-state index in [-0.39, 0.29) is 12.3 Å². The van der Waals surface area contributed by atoms with E-state index in [1.54, 1.807) is 7.11 Å². The van der Waals surface area contributed by atoms with Gasteiger partial charge in [-0.2, -0.15) is 0 Å². The number of carboxylic acids is 1. The van der Waals surface area contributed by atoms with E-state index in [1.165, 1.54) is 0 Å². The van der Waals surface area contributed by atoms with Gasteiger partial charge in [-0.25, -0.2) is 0 Å². The fourth-order valence-electron chi connectivity index (χ4n) is 2.72. The van der Waals surface area contributed by atoms with Crippen LogP contribution in [0.5, 0.6) is 17.2 Å². The van der Waals surface area contributed by atoms with Crippen LogP contribution in [0.4, 0.5) is 0 Å². The van der Waals surface area contributed by atoms with E-state index in [1.807, 2.05) is 42.5 Å². The molecule has 4 heteroatoms. The standard InChI is InChI=1S/C17H16O4/c1-20-13-7-6-11-8-12(9-17(18)19)14-4-2-3-5-15(14)21-16(11)10-13/h2-7,10,12H,8-9H2,1H3,(H,18,19). The van der Waals surface area contributed by atoms with Crippen molar-refractivity contribution in [2.75, 3.05) is 7.11 Å². The number of carboxylic acid groups (broad SMARTS) is 1. The predicted octanol–water partition coefficient (Wildman–Crippen LogP) is 3.60. The van der Waals surface area contributed by atoms with Crippen molar-refractivity contribution in [2.45, 2.75) is 18.8 Å². The monoisotopic (exact) mass is 284 g/mol. The first-order valence-corrected chi connectivity index (χ1v) is 6.83. The van der Waals surface area contributed by atoms with Gasteiger partial charge in [0.2, 0.25) is 0 Å². The van der Waals surface area contributed by atoms with Crippen molar-refractivity contribution >= 4 is 5.97 Å². The maximum atomic E-state index is 11.1. The van der Waals surface area contributed by atoms with E-state index in [0.29, 0.717) is 6.42 Å². The van der Waals surface area contributed by atoms with Crippen LogP contribution in [-0.2, 0) is 11.2 Å². The van der Waals surface area contributed by atoms with Crippen molar-refractivity contribution in [2.24, 2.45) is 0 Å². The van der Waals surface area contributed by atoms with Gasteiger partial charge in [0.25, 0.3) is 0 Å². The summed E-state index contributed by atoms with van der Waals surface area (Å²) in [5, 5.41) is 9.15. The van der Waals surface area contributed by atoms with Gasteiger partial charge in [0, 0.05) is 12.0 Å². The van der Waals surface area contributed by atoms with Crippen LogP contribution in [0.15, 0.2) is 42.5 Å². The molecule has 21 heavy (non-hydrogen) atoms. The zero-order valence-corrected chi connectivity index (χ0v) is 11.7. The number of methoxy groups -OCH3 is 1. The molecule has 0 saturated carbocycles. The van der Waals surface area contributed by atoms with Crippen LogP contribution in [0.2, 0.25) is 0 Å². The summed E-state index contributed by atoms with van der Waals surface area (Å²) >= 11 is 0. The van der Waals surface area contributed by atoms with Crippen molar-refractivity contribution in [1.82, 2.24) is 0 Å². The molecule has 3 rings (SSSR count). The second-order valence-corrected chi connectivity index (χ2v) is 5.11. The minimum atomic E-state index is -0.799. The Morgan fingerprint density at radius 3 is 2.86 bits per heavy atom. The van der Waals surface area contributed by atoms with Gasteiger partial charge in [0.1, 0.15) is 17.2 Å².